The van der Waals surface area contributed by atoms with Gasteiger partial charge in [0.05, 0.1) is 0 Å². The summed E-state index contributed by atoms with van der Waals surface area (Å²) in [7, 11) is 0. The fourth-order valence-corrected chi connectivity index (χ4v) is 3.28. The summed E-state index contributed by atoms with van der Waals surface area (Å²) in [5, 5.41) is 16.6. The molecule has 0 unspecified atom stereocenters. The highest BCUT2D eigenvalue weighted by Crippen LogP contribution is 2.24. The first kappa shape index (κ1) is 15.7. The minimum absolute atomic E-state index is 0.130. The first-order valence-electron chi connectivity index (χ1n) is 7.49. The van der Waals surface area contributed by atoms with Crippen molar-refractivity contribution in [2.45, 2.75) is 6.54 Å². The molecular formula is C17H12ClN5OS. The van der Waals surface area contributed by atoms with Crippen molar-refractivity contribution in [3.8, 4) is 10.6 Å². The zero-order valence-electron chi connectivity index (χ0n) is 12.9. The van der Waals surface area contributed by atoms with E-state index in [0.717, 1.165) is 21.1 Å². The number of hydrogen-bond donors (Lipinski definition) is 1. The minimum Gasteiger partial charge on any atom is -0.348 e. The van der Waals surface area contributed by atoms with Crippen LogP contribution in [0.4, 0.5) is 0 Å². The average Bonchev–Trinajstić information content (AvgIpc) is 3.23. The zero-order valence-corrected chi connectivity index (χ0v) is 14.5. The maximum Gasteiger partial charge on any atom is 0.251 e. The SMILES string of the molecule is O=C(NCc1ccc(-c2nn3cnnc3s2)cc1)c1ccc(Cl)cc1. The fraction of sp³-hybridized carbons (Fsp3) is 0.0588. The van der Waals surface area contributed by atoms with Gasteiger partial charge in [-0.25, -0.2) is 0 Å². The highest BCUT2D eigenvalue weighted by Gasteiger charge is 2.08. The van der Waals surface area contributed by atoms with Crippen LogP contribution in [0.1, 0.15) is 15.9 Å². The second kappa shape index (κ2) is 6.62. The number of nitrogens with one attached hydrogen (secondary N) is 1. The van der Waals surface area contributed by atoms with Gasteiger partial charge >= 0.3 is 0 Å². The molecule has 0 atom stereocenters. The van der Waals surface area contributed by atoms with Crippen LogP contribution in [-0.4, -0.2) is 25.7 Å². The summed E-state index contributed by atoms with van der Waals surface area (Å²) in [6, 6.07) is 14.7. The van der Waals surface area contributed by atoms with Gasteiger partial charge in [-0.2, -0.15) is 9.61 Å². The van der Waals surface area contributed by atoms with Crippen molar-refractivity contribution in [3.63, 3.8) is 0 Å². The van der Waals surface area contributed by atoms with Gasteiger partial charge < -0.3 is 5.32 Å². The predicted octanol–water partition coefficient (Wildman–Crippen LogP) is 3.44. The van der Waals surface area contributed by atoms with Gasteiger partial charge in [-0.05, 0) is 29.8 Å². The van der Waals surface area contributed by atoms with Crippen molar-refractivity contribution in [1.29, 1.82) is 0 Å². The molecule has 2 aromatic heterocycles. The van der Waals surface area contributed by atoms with Crippen LogP contribution in [0.15, 0.2) is 54.9 Å². The largest absolute Gasteiger partial charge is 0.348 e. The lowest BCUT2D eigenvalue weighted by molar-refractivity contribution is 0.0951. The van der Waals surface area contributed by atoms with Gasteiger partial charge in [-0.1, -0.05) is 47.2 Å². The summed E-state index contributed by atoms with van der Waals surface area (Å²) < 4.78 is 1.65. The van der Waals surface area contributed by atoms with Crippen LogP contribution >= 0.6 is 22.9 Å². The molecule has 0 saturated heterocycles. The van der Waals surface area contributed by atoms with Crippen molar-refractivity contribution in [1.82, 2.24) is 25.1 Å². The summed E-state index contributed by atoms with van der Waals surface area (Å²) in [4.78, 5) is 12.9. The molecule has 0 radical (unpaired) electrons. The summed E-state index contributed by atoms with van der Waals surface area (Å²) in [5.41, 5.74) is 2.60. The first-order chi connectivity index (χ1) is 12.2. The van der Waals surface area contributed by atoms with Gasteiger partial charge in [0.1, 0.15) is 11.3 Å². The monoisotopic (exact) mass is 369 g/mol. The van der Waals surface area contributed by atoms with Crippen molar-refractivity contribution in [2.24, 2.45) is 0 Å². The Morgan fingerprint density at radius 1 is 1.12 bits per heavy atom. The molecule has 0 saturated carbocycles. The van der Waals surface area contributed by atoms with Crippen LogP contribution in [-0.2, 0) is 6.54 Å². The van der Waals surface area contributed by atoms with Gasteiger partial charge in [0, 0.05) is 22.7 Å². The molecule has 124 valence electrons. The third-order valence-electron chi connectivity index (χ3n) is 3.65. The van der Waals surface area contributed by atoms with E-state index >= 15 is 0 Å². The van der Waals surface area contributed by atoms with Crippen molar-refractivity contribution >= 4 is 33.8 Å². The number of aromatic nitrogens is 4. The Bertz CT molecular complexity index is 995. The maximum absolute atomic E-state index is 12.1. The zero-order chi connectivity index (χ0) is 17.2. The number of carbonyl (C=O) groups is 1. The van der Waals surface area contributed by atoms with Gasteiger partial charge in [0.15, 0.2) is 0 Å². The number of benzene rings is 2. The van der Waals surface area contributed by atoms with Gasteiger partial charge in [0.2, 0.25) is 4.96 Å². The Hall–Kier alpha value is -2.77. The number of rotatable bonds is 4. The summed E-state index contributed by atoms with van der Waals surface area (Å²) in [6.45, 7) is 0.451. The molecule has 1 amide bonds. The van der Waals surface area contributed by atoms with E-state index in [-0.39, 0.29) is 5.91 Å². The molecule has 4 aromatic rings. The molecule has 25 heavy (non-hydrogen) atoms. The fourth-order valence-electron chi connectivity index (χ4n) is 2.33. The van der Waals surface area contributed by atoms with Crippen molar-refractivity contribution in [2.75, 3.05) is 0 Å². The lowest BCUT2D eigenvalue weighted by Crippen LogP contribution is -2.22. The number of carbonyl (C=O) groups excluding carboxylic acids is 1. The highest BCUT2D eigenvalue weighted by atomic mass is 35.5. The van der Waals surface area contributed by atoms with Crippen molar-refractivity contribution < 1.29 is 4.79 Å². The first-order valence-corrected chi connectivity index (χ1v) is 8.68. The lowest BCUT2D eigenvalue weighted by Gasteiger charge is -2.06. The van der Waals surface area contributed by atoms with E-state index in [0.29, 0.717) is 17.1 Å². The molecule has 4 rings (SSSR count). The van der Waals surface area contributed by atoms with Crippen LogP contribution in [0.5, 0.6) is 0 Å². The molecule has 2 aromatic carbocycles. The van der Waals surface area contributed by atoms with E-state index < -0.39 is 0 Å². The van der Waals surface area contributed by atoms with E-state index in [1.54, 1.807) is 35.1 Å². The van der Waals surface area contributed by atoms with Crippen molar-refractivity contribution in [3.05, 3.63) is 71.0 Å². The lowest BCUT2D eigenvalue weighted by atomic mass is 10.1. The van der Waals surface area contributed by atoms with Gasteiger partial charge in [-0.3, -0.25) is 4.79 Å². The Morgan fingerprint density at radius 3 is 2.60 bits per heavy atom. The number of amides is 1. The molecule has 0 bridgehead atoms. The predicted molar refractivity (Wildman–Crippen MR) is 96.7 cm³/mol. The smallest absolute Gasteiger partial charge is 0.251 e. The molecule has 0 aliphatic heterocycles. The topological polar surface area (TPSA) is 72.2 Å². The molecule has 2 heterocycles. The average molecular weight is 370 g/mol. The van der Waals surface area contributed by atoms with E-state index in [4.69, 9.17) is 11.6 Å². The molecule has 0 aliphatic carbocycles. The van der Waals surface area contributed by atoms with Crippen LogP contribution in [0, 0.1) is 0 Å². The minimum atomic E-state index is -0.130. The maximum atomic E-state index is 12.1. The molecule has 1 N–H and O–H groups in total. The van der Waals surface area contributed by atoms with E-state index in [2.05, 4.69) is 20.6 Å². The standard InChI is InChI=1S/C17H12ClN5OS/c18-14-7-5-12(6-8-14)15(24)19-9-11-1-3-13(4-2-11)16-22-23-10-20-21-17(23)25-16/h1-8,10H,9H2,(H,19,24). The molecule has 0 aliphatic rings. The van der Waals surface area contributed by atoms with Gasteiger partial charge in [0.25, 0.3) is 5.91 Å². The Labute approximate surface area is 152 Å². The Balaban J connectivity index is 1.42. The van der Waals surface area contributed by atoms with Crippen LogP contribution in [0.2, 0.25) is 5.02 Å². The normalized spacial score (nSPS) is 10.9. The number of nitrogens with zero attached hydrogens (tertiary/aromatic N) is 4. The third-order valence-corrected chi connectivity index (χ3v) is 4.86. The Morgan fingerprint density at radius 2 is 1.88 bits per heavy atom. The third kappa shape index (κ3) is 3.38. The van der Waals surface area contributed by atoms with Crippen LogP contribution < -0.4 is 5.32 Å². The van der Waals surface area contributed by atoms with E-state index in [9.17, 15) is 4.79 Å². The number of fused-ring (bicyclic) bond motifs is 1. The van der Waals surface area contributed by atoms with Crippen LogP contribution in [0.25, 0.3) is 15.5 Å². The molecule has 8 heteroatoms. The molecular weight excluding hydrogens is 358 g/mol. The summed E-state index contributed by atoms with van der Waals surface area (Å²) in [6.07, 6.45) is 1.58. The second-order valence-corrected chi connectivity index (χ2v) is 6.74. The molecule has 0 spiro atoms. The number of halogens is 1. The van der Waals surface area contributed by atoms with E-state index in [1.165, 1.54) is 11.3 Å². The van der Waals surface area contributed by atoms with E-state index in [1.807, 2.05) is 24.3 Å². The summed E-state index contributed by atoms with van der Waals surface area (Å²) >= 11 is 7.31. The molecule has 6 nitrogen and oxygen atoms in total. The van der Waals surface area contributed by atoms with Gasteiger partial charge in [-0.15, -0.1) is 10.2 Å². The van der Waals surface area contributed by atoms with Crippen LogP contribution in [0.3, 0.4) is 0 Å². The number of hydrogen-bond acceptors (Lipinski definition) is 5. The Kier molecular flexibility index (Phi) is 4.17. The highest BCUT2D eigenvalue weighted by molar-refractivity contribution is 7.19. The second-order valence-electron chi connectivity index (χ2n) is 5.35. The quantitative estimate of drug-likeness (QED) is 0.598. The summed E-state index contributed by atoms with van der Waals surface area (Å²) in [5.74, 6) is -0.130. The molecule has 0 fully saturated rings.